The molecular weight excluding hydrogens is 272 g/mol. The van der Waals surface area contributed by atoms with Crippen LogP contribution in [0.1, 0.15) is 0 Å². The van der Waals surface area contributed by atoms with Gasteiger partial charge in [-0.2, -0.15) is 0 Å². The molecule has 0 saturated heterocycles. The molecule has 1 amide bonds. The number of nitrogens with zero attached hydrogens (tertiary/aromatic N) is 3. The van der Waals surface area contributed by atoms with Gasteiger partial charge in [0.25, 0.3) is 0 Å². The van der Waals surface area contributed by atoms with E-state index in [0.29, 0.717) is 17.3 Å². The standard InChI is InChI=1S/C14H14N4OS/c1-2-7-16-13(19)10-20-14-6-5-12(17-18-14)11-4-3-8-15-9-11/h2-6,8-9H,1,7,10H2,(H,16,19). The zero-order chi connectivity index (χ0) is 14.2. The van der Waals surface area contributed by atoms with Crippen molar-refractivity contribution >= 4 is 17.7 Å². The smallest absolute Gasteiger partial charge is 0.230 e. The second kappa shape index (κ2) is 7.40. The number of hydrogen-bond acceptors (Lipinski definition) is 5. The molecule has 0 spiro atoms. The first-order valence-electron chi connectivity index (χ1n) is 6.04. The minimum Gasteiger partial charge on any atom is -0.352 e. The molecular formula is C14H14N4OS. The summed E-state index contributed by atoms with van der Waals surface area (Å²) < 4.78 is 0. The molecule has 102 valence electrons. The van der Waals surface area contributed by atoms with Crippen molar-refractivity contribution in [3.63, 3.8) is 0 Å². The maximum Gasteiger partial charge on any atom is 0.230 e. The molecule has 0 aliphatic carbocycles. The Balaban J connectivity index is 1.92. The molecule has 0 unspecified atom stereocenters. The van der Waals surface area contributed by atoms with Crippen LogP contribution in [0, 0.1) is 0 Å². The Hall–Kier alpha value is -2.21. The molecule has 2 aromatic heterocycles. The fraction of sp³-hybridized carbons (Fsp3) is 0.143. The number of amides is 1. The third-order valence-electron chi connectivity index (χ3n) is 2.39. The lowest BCUT2D eigenvalue weighted by Crippen LogP contribution is -2.24. The molecule has 0 atom stereocenters. The molecule has 5 nitrogen and oxygen atoms in total. The van der Waals surface area contributed by atoms with Gasteiger partial charge in [0, 0.05) is 24.5 Å². The monoisotopic (exact) mass is 286 g/mol. The topological polar surface area (TPSA) is 67.8 Å². The summed E-state index contributed by atoms with van der Waals surface area (Å²) in [6.45, 7) is 4.02. The SMILES string of the molecule is C=CCNC(=O)CSc1ccc(-c2cccnc2)nn1. The van der Waals surface area contributed by atoms with Crippen molar-refractivity contribution in [2.75, 3.05) is 12.3 Å². The van der Waals surface area contributed by atoms with Crippen LogP contribution in [0.2, 0.25) is 0 Å². The summed E-state index contributed by atoms with van der Waals surface area (Å²) in [5.41, 5.74) is 1.68. The van der Waals surface area contributed by atoms with Crippen molar-refractivity contribution in [3.8, 4) is 11.3 Å². The van der Waals surface area contributed by atoms with Gasteiger partial charge < -0.3 is 5.32 Å². The van der Waals surface area contributed by atoms with Gasteiger partial charge in [-0.05, 0) is 24.3 Å². The van der Waals surface area contributed by atoms with Gasteiger partial charge in [0.15, 0.2) is 0 Å². The minimum absolute atomic E-state index is 0.0481. The van der Waals surface area contributed by atoms with E-state index in [4.69, 9.17) is 0 Å². The zero-order valence-corrected chi connectivity index (χ0v) is 11.6. The molecule has 2 rings (SSSR count). The highest BCUT2D eigenvalue weighted by atomic mass is 32.2. The first-order chi connectivity index (χ1) is 9.79. The van der Waals surface area contributed by atoms with Crippen LogP contribution >= 0.6 is 11.8 Å². The number of rotatable bonds is 6. The van der Waals surface area contributed by atoms with E-state index in [1.165, 1.54) is 11.8 Å². The number of hydrogen-bond donors (Lipinski definition) is 1. The van der Waals surface area contributed by atoms with Crippen LogP contribution in [0.25, 0.3) is 11.3 Å². The predicted octanol–water partition coefficient (Wildman–Crippen LogP) is 1.93. The number of aromatic nitrogens is 3. The normalized spacial score (nSPS) is 10.0. The molecule has 0 aliphatic rings. The molecule has 0 fully saturated rings. The van der Waals surface area contributed by atoms with Crippen molar-refractivity contribution in [1.29, 1.82) is 0 Å². The predicted molar refractivity (Wildman–Crippen MR) is 79.2 cm³/mol. The van der Waals surface area contributed by atoms with Gasteiger partial charge in [-0.25, -0.2) is 0 Å². The summed E-state index contributed by atoms with van der Waals surface area (Å²) >= 11 is 1.35. The Bertz CT molecular complexity index is 571. The first kappa shape index (κ1) is 14.2. The Morgan fingerprint density at radius 3 is 2.90 bits per heavy atom. The Labute approximate surface area is 121 Å². The van der Waals surface area contributed by atoms with Crippen molar-refractivity contribution in [1.82, 2.24) is 20.5 Å². The van der Waals surface area contributed by atoms with E-state index >= 15 is 0 Å². The van der Waals surface area contributed by atoms with Crippen LogP contribution in [-0.4, -0.2) is 33.4 Å². The Morgan fingerprint density at radius 1 is 1.35 bits per heavy atom. The fourth-order valence-corrected chi connectivity index (χ4v) is 2.09. The lowest BCUT2D eigenvalue weighted by atomic mass is 10.2. The van der Waals surface area contributed by atoms with Crippen LogP contribution in [0.3, 0.4) is 0 Å². The molecule has 0 saturated carbocycles. The van der Waals surface area contributed by atoms with E-state index in [1.54, 1.807) is 18.5 Å². The van der Waals surface area contributed by atoms with Crippen molar-refractivity contribution < 1.29 is 4.79 Å². The van der Waals surface area contributed by atoms with Crippen LogP contribution in [0.4, 0.5) is 0 Å². The van der Waals surface area contributed by atoms with Gasteiger partial charge in [0.05, 0.1) is 11.4 Å². The highest BCUT2D eigenvalue weighted by molar-refractivity contribution is 7.99. The van der Waals surface area contributed by atoms with E-state index < -0.39 is 0 Å². The number of pyridine rings is 1. The van der Waals surface area contributed by atoms with E-state index in [1.807, 2.05) is 24.3 Å². The molecule has 20 heavy (non-hydrogen) atoms. The second-order valence-corrected chi connectivity index (χ2v) is 4.88. The molecule has 1 N–H and O–H groups in total. The third-order valence-corrected chi connectivity index (χ3v) is 3.31. The maximum absolute atomic E-state index is 11.4. The second-order valence-electron chi connectivity index (χ2n) is 3.88. The highest BCUT2D eigenvalue weighted by Crippen LogP contribution is 2.18. The first-order valence-corrected chi connectivity index (χ1v) is 7.02. The van der Waals surface area contributed by atoms with Crippen LogP contribution < -0.4 is 5.32 Å². The summed E-state index contributed by atoms with van der Waals surface area (Å²) in [4.78, 5) is 15.5. The van der Waals surface area contributed by atoms with Crippen molar-refractivity contribution in [2.45, 2.75) is 5.03 Å². The fourth-order valence-electron chi connectivity index (χ4n) is 1.44. The van der Waals surface area contributed by atoms with Crippen molar-refractivity contribution in [3.05, 3.63) is 49.3 Å². The van der Waals surface area contributed by atoms with Gasteiger partial charge in [-0.1, -0.05) is 17.8 Å². The summed E-state index contributed by atoms with van der Waals surface area (Å²) in [6, 6.07) is 7.49. The molecule has 0 aliphatic heterocycles. The summed E-state index contributed by atoms with van der Waals surface area (Å²) in [5.74, 6) is 0.266. The van der Waals surface area contributed by atoms with Gasteiger partial charge >= 0.3 is 0 Å². The molecule has 2 heterocycles. The molecule has 0 radical (unpaired) electrons. The Morgan fingerprint density at radius 2 is 2.25 bits per heavy atom. The van der Waals surface area contributed by atoms with Crippen LogP contribution in [0.5, 0.6) is 0 Å². The maximum atomic E-state index is 11.4. The van der Waals surface area contributed by atoms with Crippen molar-refractivity contribution in [2.24, 2.45) is 0 Å². The number of carbonyl (C=O) groups is 1. The minimum atomic E-state index is -0.0481. The third kappa shape index (κ3) is 4.17. The molecule has 0 aromatic carbocycles. The summed E-state index contributed by atoms with van der Waals surface area (Å²) in [5, 5.41) is 11.6. The highest BCUT2D eigenvalue weighted by Gasteiger charge is 2.04. The van der Waals surface area contributed by atoms with Crippen LogP contribution in [-0.2, 0) is 4.79 Å². The van der Waals surface area contributed by atoms with Gasteiger partial charge in [-0.3, -0.25) is 9.78 Å². The molecule has 6 heteroatoms. The van der Waals surface area contributed by atoms with Gasteiger partial charge in [0.2, 0.25) is 5.91 Å². The van der Waals surface area contributed by atoms with E-state index in [-0.39, 0.29) is 5.91 Å². The number of nitrogens with one attached hydrogen (secondary N) is 1. The van der Waals surface area contributed by atoms with Crippen LogP contribution in [0.15, 0.2) is 54.3 Å². The average molecular weight is 286 g/mol. The van der Waals surface area contributed by atoms with Gasteiger partial charge in [0.1, 0.15) is 5.03 Å². The largest absolute Gasteiger partial charge is 0.352 e. The molecule has 0 bridgehead atoms. The van der Waals surface area contributed by atoms with E-state index in [0.717, 1.165) is 11.3 Å². The lowest BCUT2D eigenvalue weighted by Gasteiger charge is -2.03. The molecule has 2 aromatic rings. The Kier molecular flexibility index (Phi) is 5.25. The lowest BCUT2D eigenvalue weighted by molar-refractivity contribution is -0.118. The average Bonchev–Trinajstić information content (AvgIpc) is 2.52. The summed E-state index contributed by atoms with van der Waals surface area (Å²) in [6.07, 6.45) is 5.09. The van der Waals surface area contributed by atoms with E-state index in [9.17, 15) is 4.79 Å². The number of carbonyl (C=O) groups excluding carboxylic acids is 1. The van der Waals surface area contributed by atoms with Gasteiger partial charge in [-0.15, -0.1) is 16.8 Å². The quantitative estimate of drug-likeness (QED) is 0.649. The summed E-state index contributed by atoms with van der Waals surface area (Å²) in [7, 11) is 0. The van der Waals surface area contributed by atoms with E-state index in [2.05, 4.69) is 27.1 Å². The number of thioether (sulfide) groups is 1. The zero-order valence-electron chi connectivity index (χ0n) is 10.8.